The SMILES string of the molecule is NC1(C(=O)NCC2Cc3ccccc3O2)CC1. The van der Waals surface area contributed by atoms with Gasteiger partial charge in [0, 0.05) is 6.42 Å². The minimum atomic E-state index is -0.592. The molecule has 1 saturated carbocycles. The van der Waals surface area contributed by atoms with E-state index in [0.29, 0.717) is 6.54 Å². The van der Waals surface area contributed by atoms with E-state index >= 15 is 0 Å². The van der Waals surface area contributed by atoms with Gasteiger partial charge in [0.1, 0.15) is 11.9 Å². The van der Waals surface area contributed by atoms with E-state index < -0.39 is 5.54 Å². The van der Waals surface area contributed by atoms with Gasteiger partial charge in [-0.05, 0) is 24.5 Å². The molecule has 0 saturated heterocycles. The summed E-state index contributed by atoms with van der Waals surface area (Å²) in [4.78, 5) is 11.7. The zero-order chi connectivity index (χ0) is 11.9. The maximum absolute atomic E-state index is 11.7. The standard InChI is InChI=1S/C13H16N2O2/c14-13(5-6-13)12(16)15-8-10-7-9-3-1-2-4-11(9)17-10/h1-4,10H,5-8,14H2,(H,15,16). The van der Waals surface area contributed by atoms with Crippen LogP contribution >= 0.6 is 0 Å². The van der Waals surface area contributed by atoms with Crippen molar-refractivity contribution in [2.75, 3.05) is 6.54 Å². The molecule has 1 heterocycles. The van der Waals surface area contributed by atoms with Gasteiger partial charge >= 0.3 is 0 Å². The molecule has 1 aliphatic heterocycles. The van der Waals surface area contributed by atoms with Crippen molar-refractivity contribution < 1.29 is 9.53 Å². The Kier molecular flexibility index (Phi) is 2.33. The molecule has 1 aromatic rings. The van der Waals surface area contributed by atoms with Crippen molar-refractivity contribution in [2.24, 2.45) is 5.73 Å². The minimum Gasteiger partial charge on any atom is -0.488 e. The Morgan fingerprint density at radius 3 is 2.94 bits per heavy atom. The van der Waals surface area contributed by atoms with Crippen LogP contribution in [0, 0.1) is 0 Å². The van der Waals surface area contributed by atoms with Crippen molar-refractivity contribution in [3.63, 3.8) is 0 Å². The quantitative estimate of drug-likeness (QED) is 0.802. The second-order valence-electron chi connectivity index (χ2n) is 4.92. The number of hydrogen-bond acceptors (Lipinski definition) is 3. The molecule has 0 bridgehead atoms. The van der Waals surface area contributed by atoms with E-state index in [1.807, 2.05) is 18.2 Å². The fourth-order valence-electron chi connectivity index (χ4n) is 2.11. The summed E-state index contributed by atoms with van der Waals surface area (Å²) in [5.74, 6) is 0.887. The molecular weight excluding hydrogens is 216 g/mol. The predicted molar refractivity (Wildman–Crippen MR) is 63.7 cm³/mol. The number of amides is 1. The van der Waals surface area contributed by atoms with Gasteiger partial charge < -0.3 is 15.8 Å². The Labute approximate surface area is 100 Å². The topological polar surface area (TPSA) is 64.4 Å². The van der Waals surface area contributed by atoms with Crippen LogP contribution < -0.4 is 15.8 Å². The second kappa shape index (κ2) is 3.74. The van der Waals surface area contributed by atoms with Crippen LogP contribution in [-0.2, 0) is 11.2 Å². The van der Waals surface area contributed by atoms with E-state index in [2.05, 4.69) is 11.4 Å². The molecule has 1 atom stereocenters. The summed E-state index contributed by atoms with van der Waals surface area (Å²) < 4.78 is 5.73. The molecule has 1 amide bonds. The van der Waals surface area contributed by atoms with Crippen molar-refractivity contribution in [1.29, 1.82) is 0 Å². The second-order valence-corrected chi connectivity index (χ2v) is 4.92. The highest BCUT2D eigenvalue weighted by molar-refractivity contribution is 5.88. The zero-order valence-electron chi connectivity index (χ0n) is 9.61. The Balaban J connectivity index is 1.54. The lowest BCUT2D eigenvalue weighted by Gasteiger charge is -2.14. The summed E-state index contributed by atoms with van der Waals surface area (Å²) in [7, 11) is 0. The number of benzene rings is 1. The van der Waals surface area contributed by atoms with E-state index in [1.165, 1.54) is 5.56 Å². The summed E-state index contributed by atoms with van der Waals surface area (Å²) in [6.07, 6.45) is 2.49. The summed E-state index contributed by atoms with van der Waals surface area (Å²) in [6.45, 7) is 0.534. The van der Waals surface area contributed by atoms with Gasteiger partial charge in [0.05, 0.1) is 12.1 Å². The fraction of sp³-hybridized carbons (Fsp3) is 0.462. The molecule has 0 spiro atoms. The Hall–Kier alpha value is -1.55. The molecule has 0 radical (unpaired) electrons. The lowest BCUT2D eigenvalue weighted by atomic mass is 10.1. The van der Waals surface area contributed by atoms with Crippen LogP contribution in [-0.4, -0.2) is 24.1 Å². The highest BCUT2D eigenvalue weighted by atomic mass is 16.5. The Bertz CT molecular complexity index is 429. The van der Waals surface area contributed by atoms with Crippen LogP contribution in [0.25, 0.3) is 0 Å². The van der Waals surface area contributed by atoms with E-state index in [0.717, 1.165) is 25.0 Å². The van der Waals surface area contributed by atoms with Crippen molar-refractivity contribution >= 4 is 5.91 Å². The first-order chi connectivity index (χ1) is 8.17. The van der Waals surface area contributed by atoms with Gasteiger partial charge in [-0.3, -0.25) is 4.79 Å². The largest absolute Gasteiger partial charge is 0.488 e. The number of rotatable bonds is 3. The smallest absolute Gasteiger partial charge is 0.240 e. The number of nitrogens with one attached hydrogen (secondary N) is 1. The first-order valence-corrected chi connectivity index (χ1v) is 5.99. The van der Waals surface area contributed by atoms with Crippen LogP contribution in [0.2, 0.25) is 0 Å². The molecule has 1 aliphatic carbocycles. The molecule has 1 unspecified atom stereocenters. The maximum atomic E-state index is 11.7. The van der Waals surface area contributed by atoms with Gasteiger partial charge in [0.15, 0.2) is 0 Å². The Morgan fingerprint density at radius 1 is 1.47 bits per heavy atom. The van der Waals surface area contributed by atoms with Crippen LogP contribution in [0.1, 0.15) is 18.4 Å². The third-order valence-electron chi connectivity index (χ3n) is 3.45. The molecule has 3 rings (SSSR count). The van der Waals surface area contributed by atoms with Crippen molar-refractivity contribution in [3.8, 4) is 5.75 Å². The molecule has 4 heteroatoms. The van der Waals surface area contributed by atoms with Crippen molar-refractivity contribution in [2.45, 2.75) is 30.9 Å². The molecular formula is C13H16N2O2. The van der Waals surface area contributed by atoms with E-state index in [9.17, 15) is 4.79 Å². The molecule has 90 valence electrons. The van der Waals surface area contributed by atoms with Crippen LogP contribution in [0.15, 0.2) is 24.3 Å². The van der Waals surface area contributed by atoms with Gasteiger partial charge in [-0.25, -0.2) is 0 Å². The van der Waals surface area contributed by atoms with Crippen LogP contribution in [0.3, 0.4) is 0 Å². The monoisotopic (exact) mass is 232 g/mol. The summed E-state index contributed by atoms with van der Waals surface area (Å²) in [6, 6.07) is 7.98. The van der Waals surface area contributed by atoms with Crippen LogP contribution in [0.5, 0.6) is 5.75 Å². The highest BCUT2D eigenvalue weighted by Crippen LogP contribution is 2.32. The van der Waals surface area contributed by atoms with Crippen LogP contribution in [0.4, 0.5) is 0 Å². The molecule has 4 nitrogen and oxygen atoms in total. The van der Waals surface area contributed by atoms with Crippen molar-refractivity contribution in [1.82, 2.24) is 5.32 Å². The normalized spacial score (nSPS) is 23.7. The predicted octanol–water partition coefficient (Wildman–Crippen LogP) is 0.598. The highest BCUT2D eigenvalue weighted by Gasteiger charge is 2.46. The van der Waals surface area contributed by atoms with E-state index in [1.54, 1.807) is 0 Å². The van der Waals surface area contributed by atoms with Gasteiger partial charge in [-0.15, -0.1) is 0 Å². The minimum absolute atomic E-state index is 0.0405. The summed E-state index contributed by atoms with van der Waals surface area (Å²) in [5, 5.41) is 2.87. The lowest BCUT2D eigenvalue weighted by Crippen LogP contribution is -2.45. The van der Waals surface area contributed by atoms with E-state index in [4.69, 9.17) is 10.5 Å². The Morgan fingerprint density at radius 2 is 2.24 bits per heavy atom. The number of carbonyl (C=O) groups excluding carboxylic acids is 1. The summed E-state index contributed by atoms with van der Waals surface area (Å²) in [5.41, 5.74) is 6.42. The molecule has 1 fully saturated rings. The molecule has 2 aliphatic rings. The number of hydrogen-bond donors (Lipinski definition) is 2. The van der Waals surface area contributed by atoms with E-state index in [-0.39, 0.29) is 12.0 Å². The molecule has 0 aromatic heterocycles. The van der Waals surface area contributed by atoms with Gasteiger partial charge in [-0.1, -0.05) is 18.2 Å². The maximum Gasteiger partial charge on any atom is 0.240 e. The number of nitrogens with two attached hydrogens (primary N) is 1. The van der Waals surface area contributed by atoms with Gasteiger partial charge in [0.25, 0.3) is 0 Å². The van der Waals surface area contributed by atoms with Gasteiger partial charge in [0.2, 0.25) is 5.91 Å². The summed E-state index contributed by atoms with van der Waals surface area (Å²) >= 11 is 0. The molecule has 1 aromatic carbocycles. The number of fused-ring (bicyclic) bond motifs is 1. The lowest BCUT2D eigenvalue weighted by molar-refractivity contribution is -0.123. The third-order valence-corrected chi connectivity index (χ3v) is 3.45. The molecule has 17 heavy (non-hydrogen) atoms. The number of ether oxygens (including phenoxy) is 1. The van der Waals surface area contributed by atoms with Crippen molar-refractivity contribution in [3.05, 3.63) is 29.8 Å². The first kappa shape index (κ1) is 10.6. The van der Waals surface area contributed by atoms with Gasteiger partial charge in [-0.2, -0.15) is 0 Å². The molecule has 3 N–H and O–H groups in total. The average molecular weight is 232 g/mol. The number of carbonyl (C=O) groups is 1. The average Bonchev–Trinajstić information content (AvgIpc) is 2.95. The number of para-hydroxylation sites is 1. The first-order valence-electron chi connectivity index (χ1n) is 5.99. The zero-order valence-corrected chi connectivity index (χ0v) is 9.61. The third kappa shape index (κ3) is 2.00. The fourth-order valence-corrected chi connectivity index (χ4v) is 2.11.